The molecule has 0 unspecified atom stereocenters. The molecule has 166 valence electrons. The summed E-state index contributed by atoms with van der Waals surface area (Å²) >= 11 is 0. The van der Waals surface area contributed by atoms with Gasteiger partial charge < -0.3 is 10.1 Å². The smallest absolute Gasteiger partial charge is 0.262 e. The summed E-state index contributed by atoms with van der Waals surface area (Å²) in [5.41, 5.74) is 1.06. The molecule has 0 saturated heterocycles. The second kappa shape index (κ2) is 9.88. The molecule has 1 aliphatic rings. The summed E-state index contributed by atoms with van der Waals surface area (Å²) in [4.78, 5) is 18.3. The molecule has 1 amide bonds. The van der Waals surface area contributed by atoms with Crippen molar-refractivity contribution in [3.8, 4) is 5.75 Å². The molecule has 8 nitrogen and oxygen atoms in total. The Morgan fingerprint density at radius 2 is 2.06 bits per heavy atom. The zero-order chi connectivity index (χ0) is 22.4. The summed E-state index contributed by atoms with van der Waals surface area (Å²) in [6.45, 7) is 1.01. The monoisotopic (exact) mass is 448 g/mol. The summed E-state index contributed by atoms with van der Waals surface area (Å²) in [6, 6.07) is 10.7. The maximum atomic E-state index is 13.8. The summed E-state index contributed by atoms with van der Waals surface area (Å²) in [7, 11) is -0.636. The van der Waals surface area contributed by atoms with Crippen LogP contribution in [-0.4, -0.2) is 52.3 Å². The van der Waals surface area contributed by atoms with Gasteiger partial charge in [0.15, 0.2) is 11.6 Å². The van der Waals surface area contributed by atoms with Gasteiger partial charge in [0.2, 0.25) is 5.91 Å². The highest BCUT2D eigenvalue weighted by molar-refractivity contribution is 7.90. The normalized spacial score (nSPS) is 13.7. The molecule has 2 aromatic carbocycles. The molecule has 1 aliphatic heterocycles. The molecule has 0 atom stereocenters. The van der Waals surface area contributed by atoms with E-state index in [1.54, 1.807) is 30.1 Å². The Labute approximate surface area is 181 Å². The van der Waals surface area contributed by atoms with Crippen LogP contribution in [0.5, 0.6) is 5.75 Å². The average Bonchev–Trinajstić information content (AvgIpc) is 3.20. The first-order valence-corrected chi connectivity index (χ1v) is 11.2. The first-order valence-electron chi connectivity index (χ1n) is 9.74. The fourth-order valence-electron chi connectivity index (χ4n) is 3.20. The standard InChI is InChI=1S/C21H25FN4O4S/c1-26(13-15-8-9-19(30-2)18(22)11-15)14-21(27)24-16-5-3-6-17(12-16)31(28,29)25-20-7-4-10-23-20/h3,5-6,8-9,11-12H,4,7,10,13-14H2,1-2H3,(H,23,25)(H,24,27). The highest BCUT2D eigenvalue weighted by Crippen LogP contribution is 2.19. The van der Waals surface area contributed by atoms with Crippen LogP contribution in [0.4, 0.5) is 10.1 Å². The van der Waals surface area contributed by atoms with Crippen LogP contribution in [0.1, 0.15) is 18.4 Å². The number of carbonyl (C=O) groups is 1. The van der Waals surface area contributed by atoms with Crippen molar-refractivity contribution < 1.29 is 22.3 Å². The largest absolute Gasteiger partial charge is 0.494 e. The zero-order valence-corrected chi connectivity index (χ0v) is 18.2. The van der Waals surface area contributed by atoms with E-state index in [9.17, 15) is 17.6 Å². The van der Waals surface area contributed by atoms with E-state index in [1.807, 2.05) is 0 Å². The number of hydrogen-bond donors (Lipinski definition) is 2. The zero-order valence-electron chi connectivity index (χ0n) is 17.4. The van der Waals surface area contributed by atoms with Gasteiger partial charge in [-0.15, -0.1) is 0 Å². The van der Waals surface area contributed by atoms with Crippen LogP contribution in [0, 0.1) is 5.82 Å². The molecule has 0 aromatic heterocycles. The molecule has 0 saturated carbocycles. The minimum atomic E-state index is -3.76. The SMILES string of the molecule is COc1ccc(CN(C)CC(=O)Nc2cccc(S(=O)(=O)NC3=NCCC3)c2)cc1F. The Bertz CT molecular complexity index is 1090. The maximum Gasteiger partial charge on any atom is 0.262 e. The number of aliphatic imine (C=N–C) groups is 1. The van der Waals surface area contributed by atoms with Crippen molar-refractivity contribution in [2.24, 2.45) is 4.99 Å². The fraction of sp³-hybridized carbons (Fsp3) is 0.333. The van der Waals surface area contributed by atoms with E-state index in [-0.39, 0.29) is 23.1 Å². The molecule has 10 heteroatoms. The lowest BCUT2D eigenvalue weighted by atomic mass is 10.2. The number of sulfonamides is 1. The number of carbonyl (C=O) groups excluding carboxylic acids is 1. The number of anilines is 1. The van der Waals surface area contributed by atoms with Crippen molar-refractivity contribution in [3.63, 3.8) is 0 Å². The van der Waals surface area contributed by atoms with Crippen molar-refractivity contribution >= 4 is 27.5 Å². The van der Waals surface area contributed by atoms with Gasteiger partial charge in [-0.25, -0.2) is 12.8 Å². The lowest BCUT2D eigenvalue weighted by Crippen LogP contribution is -2.30. The molecular formula is C21H25FN4O4S. The second-order valence-corrected chi connectivity index (χ2v) is 8.94. The van der Waals surface area contributed by atoms with E-state index >= 15 is 0 Å². The van der Waals surface area contributed by atoms with Crippen LogP contribution in [0.15, 0.2) is 52.4 Å². The van der Waals surface area contributed by atoms with Crippen molar-refractivity contribution in [3.05, 3.63) is 53.8 Å². The van der Waals surface area contributed by atoms with Crippen molar-refractivity contribution in [1.82, 2.24) is 9.62 Å². The molecule has 0 fully saturated rings. The third kappa shape index (κ3) is 6.25. The third-order valence-electron chi connectivity index (χ3n) is 4.64. The predicted octanol–water partition coefficient (Wildman–Crippen LogP) is 2.38. The van der Waals surface area contributed by atoms with Crippen LogP contribution < -0.4 is 14.8 Å². The van der Waals surface area contributed by atoms with Gasteiger partial charge >= 0.3 is 0 Å². The molecule has 2 N–H and O–H groups in total. The van der Waals surface area contributed by atoms with E-state index in [0.717, 1.165) is 6.42 Å². The van der Waals surface area contributed by atoms with Crippen molar-refractivity contribution in [2.45, 2.75) is 24.3 Å². The van der Waals surface area contributed by atoms with E-state index in [4.69, 9.17) is 4.74 Å². The maximum absolute atomic E-state index is 13.8. The number of rotatable bonds is 8. The average molecular weight is 449 g/mol. The number of nitrogens with zero attached hydrogens (tertiary/aromatic N) is 2. The lowest BCUT2D eigenvalue weighted by Gasteiger charge is -2.17. The van der Waals surface area contributed by atoms with Gasteiger partial charge in [0.25, 0.3) is 10.0 Å². The summed E-state index contributed by atoms with van der Waals surface area (Å²) in [5.74, 6) is -0.174. The molecular weight excluding hydrogens is 423 g/mol. The van der Waals surface area contributed by atoms with E-state index in [1.165, 1.54) is 31.4 Å². The van der Waals surface area contributed by atoms with Gasteiger partial charge in [-0.1, -0.05) is 12.1 Å². The van der Waals surface area contributed by atoms with Crippen LogP contribution in [0.3, 0.4) is 0 Å². The predicted molar refractivity (Wildman–Crippen MR) is 116 cm³/mol. The van der Waals surface area contributed by atoms with Crippen LogP contribution in [0.2, 0.25) is 0 Å². The molecule has 0 radical (unpaired) electrons. The number of methoxy groups -OCH3 is 1. The molecule has 0 bridgehead atoms. The Morgan fingerprint density at radius 1 is 1.26 bits per heavy atom. The van der Waals surface area contributed by atoms with Gasteiger partial charge in [0, 0.05) is 25.2 Å². The van der Waals surface area contributed by atoms with Crippen LogP contribution in [0.25, 0.3) is 0 Å². The van der Waals surface area contributed by atoms with Gasteiger partial charge in [-0.05, 0) is 49.4 Å². The number of amides is 1. The molecule has 3 rings (SSSR count). The van der Waals surface area contributed by atoms with E-state index in [0.29, 0.717) is 36.6 Å². The number of ether oxygens (including phenoxy) is 1. The van der Waals surface area contributed by atoms with E-state index < -0.39 is 15.8 Å². The summed E-state index contributed by atoms with van der Waals surface area (Å²) in [6.07, 6.45) is 1.42. The first-order chi connectivity index (χ1) is 14.8. The number of halogens is 1. The number of likely N-dealkylation sites (N-methyl/N-ethyl adjacent to an activating group) is 1. The van der Waals surface area contributed by atoms with Gasteiger partial charge in [0.05, 0.1) is 18.6 Å². The topological polar surface area (TPSA) is 100 Å². The lowest BCUT2D eigenvalue weighted by molar-refractivity contribution is -0.117. The number of hydrogen-bond acceptors (Lipinski definition) is 6. The third-order valence-corrected chi connectivity index (χ3v) is 6.02. The van der Waals surface area contributed by atoms with Gasteiger partial charge in [-0.3, -0.25) is 19.4 Å². The molecule has 0 aliphatic carbocycles. The Kier molecular flexibility index (Phi) is 7.24. The highest BCUT2D eigenvalue weighted by atomic mass is 32.2. The summed E-state index contributed by atoms with van der Waals surface area (Å²) in [5, 5.41) is 2.70. The fourth-order valence-corrected chi connectivity index (χ4v) is 4.33. The number of benzene rings is 2. The molecule has 0 spiro atoms. The second-order valence-electron chi connectivity index (χ2n) is 7.25. The number of amidine groups is 1. The Hall–Kier alpha value is -2.98. The first kappa shape index (κ1) is 22.7. The molecule has 1 heterocycles. The van der Waals surface area contributed by atoms with Crippen LogP contribution >= 0.6 is 0 Å². The minimum Gasteiger partial charge on any atom is -0.494 e. The quantitative estimate of drug-likeness (QED) is 0.646. The summed E-state index contributed by atoms with van der Waals surface area (Å²) < 4.78 is 46.3. The van der Waals surface area contributed by atoms with E-state index in [2.05, 4.69) is 15.0 Å². The van der Waals surface area contributed by atoms with Crippen molar-refractivity contribution in [1.29, 1.82) is 0 Å². The van der Waals surface area contributed by atoms with Gasteiger partial charge in [0.1, 0.15) is 5.84 Å². The molecule has 2 aromatic rings. The van der Waals surface area contributed by atoms with Crippen LogP contribution in [-0.2, 0) is 21.4 Å². The van der Waals surface area contributed by atoms with Gasteiger partial charge in [-0.2, -0.15) is 0 Å². The Balaban J connectivity index is 1.59. The highest BCUT2D eigenvalue weighted by Gasteiger charge is 2.19. The minimum absolute atomic E-state index is 0.0414. The molecule has 31 heavy (non-hydrogen) atoms. The Morgan fingerprint density at radius 3 is 2.74 bits per heavy atom. The number of nitrogens with one attached hydrogen (secondary N) is 2. The van der Waals surface area contributed by atoms with Crippen molar-refractivity contribution in [2.75, 3.05) is 32.6 Å².